The number of amides is 3. The van der Waals surface area contributed by atoms with Crippen molar-refractivity contribution >= 4 is 46.6 Å². The molecule has 3 aliphatic rings. The Kier molecular flexibility index (Phi) is 7.89. The number of halogens is 2. The molecular weight excluding hydrogens is 487 g/mol. The largest absolute Gasteiger partial charge is 0.338 e. The predicted molar refractivity (Wildman–Crippen MR) is 139 cm³/mol. The summed E-state index contributed by atoms with van der Waals surface area (Å²) in [7, 11) is 0. The minimum Gasteiger partial charge on any atom is -0.338 e. The number of likely N-dealkylation sites (tertiary alicyclic amines) is 1. The summed E-state index contributed by atoms with van der Waals surface area (Å²) >= 11 is 12.4. The maximum Gasteiger partial charge on any atom is 0.255 e. The van der Waals surface area contributed by atoms with Crippen LogP contribution in [0.3, 0.4) is 0 Å². The van der Waals surface area contributed by atoms with E-state index in [9.17, 15) is 14.4 Å². The molecule has 9 heteroatoms. The van der Waals surface area contributed by atoms with Crippen LogP contribution in [0, 0.1) is 5.92 Å². The summed E-state index contributed by atoms with van der Waals surface area (Å²) in [6.07, 6.45) is 7.26. The van der Waals surface area contributed by atoms with E-state index >= 15 is 0 Å². The van der Waals surface area contributed by atoms with E-state index in [0.717, 1.165) is 31.6 Å². The van der Waals surface area contributed by atoms with Gasteiger partial charge in [0.05, 0.1) is 16.1 Å². The van der Waals surface area contributed by atoms with Gasteiger partial charge in [0, 0.05) is 63.3 Å². The van der Waals surface area contributed by atoms with Gasteiger partial charge in [-0.05, 0) is 43.9 Å². The average molecular weight is 519 g/mol. The second-order valence-electron chi connectivity index (χ2n) is 9.84. The summed E-state index contributed by atoms with van der Waals surface area (Å²) < 4.78 is 0. The first-order valence-electron chi connectivity index (χ1n) is 12.1. The normalized spacial score (nSPS) is 24.9. The molecule has 7 nitrogen and oxygen atoms in total. The molecule has 2 heterocycles. The number of carbonyl (C=O) groups is 3. The zero-order valence-electron chi connectivity index (χ0n) is 20.2. The summed E-state index contributed by atoms with van der Waals surface area (Å²) in [4.78, 5) is 43.3. The molecule has 1 N–H and O–H groups in total. The molecular formula is C26H32Cl2N4O3. The summed E-state index contributed by atoms with van der Waals surface area (Å²) in [5.74, 6) is 0.114. The topological polar surface area (TPSA) is 73.0 Å². The molecule has 0 radical (unpaired) electrons. The highest BCUT2D eigenvalue weighted by molar-refractivity contribution is 6.31. The maximum absolute atomic E-state index is 13.2. The van der Waals surface area contributed by atoms with Crippen molar-refractivity contribution < 1.29 is 14.4 Å². The quantitative estimate of drug-likeness (QED) is 0.601. The Hall–Kier alpha value is -2.35. The summed E-state index contributed by atoms with van der Waals surface area (Å²) in [5, 5.41) is 3.18. The van der Waals surface area contributed by atoms with Crippen molar-refractivity contribution in [3.8, 4) is 0 Å². The van der Waals surface area contributed by atoms with E-state index in [-0.39, 0.29) is 17.7 Å². The number of hydrogen-bond donors (Lipinski definition) is 1. The Bertz CT molecular complexity index is 1060. The van der Waals surface area contributed by atoms with Gasteiger partial charge in [0.15, 0.2) is 0 Å². The second kappa shape index (κ2) is 10.7. The van der Waals surface area contributed by atoms with Gasteiger partial charge >= 0.3 is 0 Å². The smallest absolute Gasteiger partial charge is 0.255 e. The molecule has 4 rings (SSSR count). The van der Waals surface area contributed by atoms with E-state index in [0.29, 0.717) is 54.8 Å². The van der Waals surface area contributed by atoms with Crippen LogP contribution in [0.1, 0.15) is 37.0 Å². The third-order valence-electron chi connectivity index (χ3n) is 6.85. The molecule has 2 atom stereocenters. The SMILES string of the molecule is CC(=O)Nc1cc(Cl)ccc1C(=O)N1CCC(CN2CCN(C(=O)C3=CCC(C)(Cl)C=C3)CC2)C1. The first-order chi connectivity index (χ1) is 16.6. The van der Waals surface area contributed by atoms with E-state index < -0.39 is 4.87 Å². The van der Waals surface area contributed by atoms with Crippen molar-refractivity contribution in [3.63, 3.8) is 0 Å². The lowest BCUT2D eigenvalue weighted by Gasteiger charge is -2.36. The molecule has 0 bridgehead atoms. The minimum atomic E-state index is -0.405. The zero-order valence-corrected chi connectivity index (χ0v) is 21.7. The van der Waals surface area contributed by atoms with Crippen LogP contribution in [0.5, 0.6) is 0 Å². The Morgan fingerprint density at radius 1 is 1.09 bits per heavy atom. The zero-order chi connectivity index (χ0) is 25.2. The van der Waals surface area contributed by atoms with Crippen LogP contribution in [0.2, 0.25) is 5.02 Å². The molecule has 35 heavy (non-hydrogen) atoms. The molecule has 2 aliphatic heterocycles. The first-order valence-corrected chi connectivity index (χ1v) is 12.8. The van der Waals surface area contributed by atoms with Crippen LogP contribution < -0.4 is 5.32 Å². The number of nitrogens with one attached hydrogen (secondary N) is 1. The van der Waals surface area contributed by atoms with Crippen LogP contribution in [0.15, 0.2) is 42.0 Å². The molecule has 0 spiro atoms. The number of alkyl halides is 1. The Morgan fingerprint density at radius 2 is 1.83 bits per heavy atom. The summed E-state index contributed by atoms with van der Waals surface area (Å²) in [6, 6.07) is 4.95. The van der Waals surface area contributed by atoms with Crippen molar-refractivity contribution in [2.75, 3.05) is 51.1 Å². The van der Waals surface area contributed by atoms with Gasteiger partial charge in [0.25, 0.3) is 11.8 Å². The lowest BCUT2D eigenvalue weighted by molar-refractivity contribution is -0.128. The van der Waals surface area contributed by atoms with Crippen molar-refractivity contribution in [3.05, 3.63) is 52.6 Å². The van der Waals surface area contributed by atoms with Crippen molar-refractivity contribution in [2.24, 2.45) is 5.92 Å². The number of anilines is 1. The van der Waals surface area contributed by atoms with E-state index in [2.05, 4.69) is 10.2 Å². The van der Waals surface area contributed by atoms with E-state index in [1.54, 1.807) is 18.2 Å². The third-order valence-corrected chi connectivity index (χ3v) is 7.37. The van der Waals surface area contributed by atoms with Crippen molar-refractivity contribution in [1.29, 1.82) is 0 Å². The molecule has 2 fully saturated rings. The minimum absolute atomic E-state index is 0.0728. The average Bonchev–Trinajstić information content (AvgIpc) is 3.27. The fourth-order valence-electron chi connectivity index (χ4n) is 4.88. The van der Waals surface area contributed by atoms with Gasteiger partial charge in [-0.3, -0.25) is 19.3 Å². The van der Waals surface area contributed by atoms with Gasteiger partial charge in [-0.15, -0.1) is 11.6 Å². The molecule has 1 aromatic rings. The van der Waals surface area contributed by atoms with Crippen LogP contribution >= 0.6 is 23.2 Å². The lowest BCUT2D eigenvalue weighted by atomic mass is 9.97. The van der Waals surface area contributed by atoms with Crippen LogP contribution in [-0.2, 0) is 9.59 Å². The van der Waals surface area contributed by atoms with Crippen LogP contribution in [0.25, 0.3) is 0 Å². The Morgan fingerprint density at radius 3 is 2.49 bits per heavy atom. The van der Waals surface area contributed by atoms with E-state index in [1.165, 1.54) is 6.92 Å². The summed E-state index contributed by atoms with van der Waals surface area (Å²) in [6.45, 7) is 8.65. The Labute approximate surface area is 216 Å². The Balaban J connectivity index is 1.27. The van der Waals surface area contributed by atoms with Crippen molar-refractivity contribution in [1.82, 2.24) is 14.7 Å². The van der Waals surface area contributed by atoms with Gasteiger partial charge in [-0.2, -0.15) is 0 Å². The standard InChI is InChI=1S/C26H32Cl2N4O3/c1-18(33)29-23-15-21(27)3-4-22(23)25(35)32-10-7-19(17-32)16-30-11-13-31(14-12-30)24(34)20-5-8-26(2,28)9-6-20/h3-6,8,15,19H,7,9-14,16-17H2,1-2H3,(H,29,33). The number of rotatable bonds is 5. The monoisotopic (exact) mass is 518 g/mol. The fourth-order valence-corrected chi connectivity index (χ4v) is 5.19. The molecule has 188 valence electrons. The predicted octanol–water partition coefficient (Wildman–Crippen LogP) is 3.79. The van der Waals surface area contributed by atoms with E-state index in [1.807, 2.05) is 35.0 Å². The molecule has 0 aromatic heterocycles. The second-order valence-corrected chi connectivity index (χ2v) is 11.1. The number of allylic oxidation sites excluding steroid dienone is 2. The van der Waals surface area contributed by atoms with Gasteiger partial charge in [0.1, 0.15) is 0 Å². The third kappa shape index (κ3) is 6.46. The molecule has 0 saturated carbocycles. The number of piperazine rings is 1. The maximum atomic E-state index is 13.2. The number of hydrogen-bond acceptors (Lipinski definition) is 4. The fraction of sp³-hybridized carbons (Fsp3) is 0.500. The highest BCUT2D eigenvalue weighted by Crippen LogP contribution is 2.28. The number of nitrogens with zero attached hydrogens (tertiary/aromatic N) is 3. The summed E-state index contributed by atoms with van der Waals surface area (Å²) in [5.41, 5.74) is 1.62. The van der Waals surface area contributed by atoms with Gasteiger partial charge < -0.3 is 15.1 Å². The van der Waals surface area contributed by atoms with Gasteiger partial charge in [-0.25, -0.2) is 0 Å². The molecule has 3 amide bonds. The highest BCUT2D eigenvalue weighted by atomic mass is 35.5. The number of benzene rings is 1. The highest BCUT2D eigenvalue weighted by Gasteiger charge is 2.31. The van der Waals surface area contributed by atoms with Gasteiger partial charge in [-0.1, -0.05) is 29.8 Å². The first kappa shape index (κ1) is 25.7. The molecule has 1 aliphatic carbocycles. The molecule has 1 aromatic carbocycles. The van der Waals surface area contributed by atoms with Crippen LogP contribution in [0.4, 0.5) is 5.69 Å². The number of carbonyl (C=O) groups excluding carboxylic acids is 3. The van der Waals surface area contributed by atoms with Crippen LogP contribution in [-0.4, -0.2) is 83.1 Å². The van der Waals surface area contributed by atoms with Crippen molar-refractivity contribution in [2.45, 2.75) is 31.6 Å². The van der Waals surface area contributed by atoms with Gasteiger partial charge in [0.2, 0.25) is 5.91 Å². The molecule has 2 unspecified atom stereocenters. The molecule has 2 saturated heterocycles. The van der Waals surface area contributed by atoms with E-state index in [4.69, 9.17) is 23.2 Å². The lowest BCUT2D eigenvalue weighted by Crippen LogP contribution is -2.50.